The van der Waals surface area contributed by atoms with Gasteiger partial charge in [0, 0.05) is 32.0 Å². The molecule has 0 bridgehead atoms. The van der Waals surface area contributed by atoms with Gasteiger partial charge in [-0.2, -0.15) is 14.5 Å². The number of aromatic nitrogens is 4. The Kier molecular flexibility index (Phi) is 4.54. The van der Waals surface area contributed by atoms with Crippen LogP contribution in [-0.4, -0.2) is 51.3 Å². The Morgan fingerprint density at radius 1 is 1.20 bits per heavy atom. The maximum Gasteiger partial charge on any atom is 0.283 e. The van der Waals surface area contributed by atoms with Gasteiger partial charge in [0.05, 0.1) is 5.69 Å². The van der Waals surface area contributed by atoms with E-state index in [0.717, 1.165) is 12.8 Å². The number of piperidine rings is 1. The van der Waals surface area contributed by atoms with Crippen LogP contribution >= 0.6 is 0 Å². The average Bonchev–Trinajstić information content (AvgIpc) is 3.10. The van der Waals surface area contributed by atoms with Crippen molar-refractivity contribution in [2.75, 3.05) is 13.1 Å². The molecule has 9 heteroatoms. The molecular weight excluding hydrogens is 342 g/mol. The third-order valence-corrected chi connectivity index (χ3v) is 6.39. The largest absolute Gasteiger partial charge is 0.283 e. The molecule has 136 valence electrons. The summed E-state index contributed by atoms with van der Waals surface area (Å²) in [6.45, 7) is 6.56. The third kappa shape index (κ3) is 3.25. The Hall–Kier alpha value is -2.00. The van der Waals surface area contributed by atoms with Crippen LogP contribution in [-0.2, 0) is 17.1 Å². The zero-order valence-electron chi connectivity index (χ0n) is 14.9. The molecule has 0 atom stereocenters. The van der Waals surface area contributed by atoms with Crippen LogP contribution < -0.4 is 0 Å². The molecule has 0 N–H and O–H groups in total. The van der Waals surface area contributed by atoms with Crippen molar-refractivity contribution >= 4 is 15.9 Å². The molecule has 0 aliphatic carbocycles. The van der Waals surface area contributed by atoms with E-state index in [4.69, 9.17) is 0 Å². The van der Waals surface area contributed by atoms with Crippen LogP contribution in [0.1, 0.15) is 41.5 Å². The van der Waals surface area contributed by atoms with Crippen LogP contribution in [0, 0.1) is 19.8 Å². The highest BCUT2D eigenvalue weighted by Gasteiger charge is 2.35. The van der Waals surface area contributed by atoms with Crippen LogP contribution in [0.4, 0.5) is 0 Å². The van der Waals surface area contributed by atoms with Crippen molar-refractivity contribution in [1.29, 1.82) is 0 Å². The lowest BCUT2D eigenvalue weighted by Crippen LogP contribution is -2.38. The van der Waals surface area contributed by atoms with Crippen molar-refractivity contribution in [3.05, 3.63) is 29.2 Å². The minimum absolute atomic E-state index is 0.0484. The minimum Gasteiger partial charge on any atom is -0.274 e. The molecule has 1 aliphatic heterocycles. The third-order valence-electron chi connectivity index (χ3n) is 4.55. The second-order valence-electron chi connectivity index (χ2n) is 6.75. The fourth-order valence-corrected chi connectivity index (χ4v) is 4.69. The van der Waals surface area contributed by atoms with Crippen molar-refractivity contribution in [1.82, 2.24) is 23.9 Å². The monoisotopic (exact) mass is 365 g/mol. The number of sulfonamides is 1. The Morgan fingerprint density at radius 3 is 2.40 bits per heavy atom. The fourth-order valence-electron chi connectivity index (χ4n) is 3.10. The number of nitrogens with zero attached hydrogens (tertiary/aromatic N) is 5. The van der Waals surface area contributed by atoms with Gasteiger partial charge >= 0.3 is 0 Å². The van der Waals surface area contributed by atoms with Gasteiger partial charge in [0.1, 0.15) is 5.56 Å². The van der Waals surface area contributed by atoms with Gasteiger partial charge in [-0.3, -0.25) is 9.48 Å². The summed E-state index contributed by atoms with van der Waals surface area (Å²) in [4.78, 5) is 12.9. The molecule has 0 amide bonds. The quantitative estimate of drug-likeness (QED) is 0.819. The first kappa shape index (κ1) is 17.8. The highest BCUT2D eigenvalue weighted by atomic mass is 32.2. The molecule has 1 saturated heterocycles. The van der Waals surface area contributed by atoms with Crippen molar-refractivity contribution in [2.45, 2.75) is 38.6 Å². The lowest BCUT2D eigenvalue weighted by atomic mass is 10.0. The predicted molar refractivity (Wildman–Crippen MR) is 91.8 cm³/mol. The van der Waals surface area contributed by atoms with Crippen LogP contribution in [0.25, 0.3) is 0 Å². The predicted octanol–water partition coefficient (Wildman–Crippen LogP) is 1.34. The number of aryl methyl sites for hydroxylation is 3. The molecular formula is C16H23N5O3S. The highest BCUT2D eigenvalue weighted by Crippen LogP contribution is 2.25. The molecule has 2 aromatic heterocycles. The van der Waals surface area contributed by atoms with Crippen molar-refractivity contribution in [3.8, 4) is 0 Å². The number of carbonyl (C=O) groups is 1. The van der Waals surface area contributed by atoms with Crippen LogP contribution in [0.15, 0.2) is 17.3 Å². The second-order valence-corrected chi connectivity index (χ2v) is 8.61. The van der Waals surface area contributed by atoms with E-state index in [2.05, 4.69) is 17.1 Å². The van der Waals surface area contributed by atoms with Gasteiger partial charge < -0.3 is 0 Å². The zero-order valence-corrected chi connectivity index (χ0v) is 15.7. The Morgan fingerprint density at radius 2 is 1.84 bits per heavy atom. The Labute approximate surface area is 147 Å². The average molecular weight is 365 g/mol. The van der Waals surface area contributed by atoms with Gasteiger partial charge in [0.25, 0.3) is 15.9 Å². The molecule has 1 aliphatic rings. The van der Waals surface area contributed by atoms with Crippen molar-refractivity contribution < 1.29 is 13.2 Å². The SMILES string of the molecule is Cc1cc(C)n(C(=O)c2cn(C)nc2S(=O)(=O)N2CCC(C)CC2)n1. The molecule has 0 saturated carbocycles. The number of hydrogen-bond donors (Lipinski definition) is 0. The molecule has 3 rings (SSSR count). The summed E-state index contributed by atoms with van der Waals surface area (Å²) < 4.78 is 30.1. The molecule has 0 spiro atoms. The van der Waals surface area contributed by atoms with E-state index < -0.39 is 15.9 Å². The van der Waals surface area contributed by atoms with Crippen LogP contribution in [0.2, 0.25) is 0 Å². The minimum atomic E-state index is -3.81. The lowest BCUT2D eigenvalue weighted by Gasteiger charge is -2.28. The number of hydrogen-bond acceptors (Lipinski definition) is 5. The van der Waals surface area contributed by atoms with Gasteiger partial charge in [-0.15, -0.1) is 0 Å². The van der Waals surface area contributed by atoms with Gasteiger partial charge in [-0.1, -0.05) is 6.92 Å². The molecule has 2 aromatic rings. The molecule has 1 fully saturated rings. The zero-order chi connectivity index (χ0) is 18.4. The van der Waals surface area contributed by atoms with Crippen LogP contribution in [0.3, 0.4) is 0 Å². The first-order chi connectivity index (χ1) is 11.7. The number of rotatable bonds is 3. The maximum absolute atomic E-state index is 13.0. The second kappa shape index (κ2) is 6.38. The van der Waals surface area contributed by atoms with Crippen LogP contribution in [0.5, 0.6) is 0 Å². The molecule has 0 unspecified atom stereocenters. The fraction of sp³-hybridized carbons (Fsp3) is 0.562. The molecule has 3 heterocycles. The summed E-state index contributed by atoms with van der Waals surface area (Å²) >= 11 is 0. The summed E-state index contributed by atoms with van der Waals surface area (Å²) in [5.41, 5.74) is 1.40. The van der Waals surface area contributed by atoms with Gasteiger partial charge in [-0.05, 0) is 38.7 Å². The topological polar surface area (TPSA) is 90.1 Å². The number of carbonyl (C=O) groups excluding carboxylic acids is 1. The van der Waals surface area contributed by atoms with E-state index in [1.54, 1.807) is 27.0 Å². The first-order valence-corrected chi connectivity index (χ1v) is 9.76. The summed E-state index contributed by atoms with van der Waals surface area (Å²) in [6.07, 6.45) is 3.07. The van der Waals surface area contributed by atoms with Crippen molar-refractivity contribution in [2.24, 2.45) is 13.0 Å². The molecule has 0 radical (unpaired) electrons. The Bertz CT molecular complexity index is 904. The van der Waals surface area contributed by atoms with E-state index in [1.165, 1.54) is 19.9 Å². The molecule has 25 heavy (non-hydrogen) atoms. The van der Waals surface area contributed by atoms with Gasteiger partial charge in [-0.25, -0.2) is 13.1 Å². The van der Waals surface area contributed by atoms with E-state index >= 15 is 0 Å². The summed E-state index contributed by atoms with van der Waals surface area (Å²) in [5, 5.41) is 8.06. The molecule has 0 aromatic carbocycles. The van der Waals surface area contributed by atoms with E-state index in [9.17, 15) is 13.2 Å². The van der Waals surface area contributed by atoms with E-state index in [0.29, 0.717) is 30.4 Å². The van der Waals surface area contributed by atoms with Crippen molar-refractivity contribution in [3.63, 3.8) is 0 Å². The molecule has 8 nitrogen and oxygen atoms in total. The standard InChI is InChI=1S/C16H23N5O3S/c1-11-5-7-20(8-6-11)25(23,24)15-14(10-19(4)18-15)16(22)21-13(3)9-12(2)17-21/h9-11H,5-8H2,1-4H3. The van der Waals surface area contributed by atoms with Gasteiger partial charge in [0.2, 0.25) is 5.03 Å². The smallest absolute Gasteiger partial charge is 0.274 e. The summed E-state index contributed by atoms with van der Waals surface area (Å²) in [7, 11) is -2.21. The van der Waals surface area contributed by atoms with E-state index in [1.807, 2.05) is 0 Å². The normalized spacial score (nSPS) is 17.1. The highest BCUT2D eigenvalue weighted by molar-refractivity contribution is 7.89. The summed E-state index contributed by atoms with van der Waals surface area (Å²) in [5.74, 6) is 0.0219. The lowest BCUT2D eigenvalue weighted by molar-refractivity contribution is 0.0938. The van der Waals surface area contributed by atoms with E-state index in [-0.39, 0.29) is 10.6 Å². The Balaban J connectivity index is 2.01. The van der Waals surface area contributed by atoms with Gasteiger partial charge in [0.15, 0.2) is 0 Å². The summed E-state index contributed by atoms with van der Waals surface area (Å²) in [6, 6.07) is 1.77. The first-order valence-electron chi connectivity index (χ1n) is 8.32. The maximum atomic E-state index is 13.0.